The smallest absolute Gasteiger partial charge is 0.161 e. The Hall–Kier alpha value is -1.65. The molecule has 2 aromatic rings. The van der Waals surface area contributed by atoms with Crippen molar-refractivity contribution in [3.05, 3.63) is 65.2 Å². The maximum atomic E-state index is 13.4. The average Bonchev–Trinajstić information content (AvgIpc) is 2.50. The first kappa shape index (κ1) is 16.7. The number of carbonyl (C=O) groups excluding carboxylic acids is 1. The molecule has 2 rings (SSSR count). The number of ketones is 1. The molecule has 0 amide bonds. The van der Waals surface area contributed by atoms with Crippen LogP contribution in [0.5, 0.6) is 0 Å². The number of thioether (sulfide) groups is 1. The molecule has 0 N–H and O–H groups in total. The first-order valence-electron chi connectivity index (χ1n) is 6.44. The maximum Gasteiger partial charge on any atom is 0.161 e. The van der Waals surface area contributed by atoms with Crippen molar-refractivity contribution >= 4 is 39.8 Å². The normalized spacial score (nSPS) is 12.0. The third-order valence-corrected chi connectivity index (χ3v) is 4.27. The lowest BCUT2D eigenvalue weighted by Crippen LogP contribution is -1.99. The Labute approximate surface area is 137 Å². The van der Waals surface area contributed by atoms with E-state index in [1.54, 1.807) is 23.9 Å². The lowest BCUT2D eigenvalue weighted by Gasteiger charge is -2.10. The van der Waals surface area contributed by atoms with Gasteiger partial charge in [0.05, 0.1) is 5.03 Å². The lowest BCUT2D eigenvalue weighted by molar-refractivity contribution is -0.111. The van der Waals surface area contributed by atoms with Crippen LogP contribution in [-0.2, 0) is 4.79 Å². The summed E-state index contributed by atoms with van der Waals surface area (Å²) in [5, 5.41) is 0.100. The van der Waals surface area contributed by atoms with Gasteiger partial charge in [-0.15, -0.1) is 11.8 Å². The number of carbonyl (C=O) groups is 1. The summed E-state index contributed by atoms with van der Waals surface area (Å²) in [6.07, 6.45) is 1.95. The van der Waals surface area contributed by atoms with E-state index in [0.29, 0.717) is 5.56 Å². The molecule has 0 saturated heterocycles. The molecule has 0 atom stereocenters. The van der Waals surface area contributed by atoms with E-state index in [9.17, 15) is 13.6 Å². The van der Waals surface area contributed by atoms with Crippen molar-refractivity contribution in [1.29, 1.82) is 0 Å². The Balaban J connectivity index is 2.56. The van der Waals surface area contributed by atoms with Crippen molar-refractivity contribution in [2.75, 3.05) is 6.26 Å². The molecule has 2 aromatic carbocycles. The number of halogens is 3. The third kappa shape index (κ3) is 3.57. The molecule has 0 saturated carbocycles. The van der Waals surface area contributed by atoms with Gasteiger partial charge in [-0.3, -0.25) is 4.79 Å². The number of Topliss-reactive ketones (excluding diaryl/α,β-unsaturated/α-hetero) is 1. The van der Waals surface area contributed by atoms with Crippen LogP contribution in [0.3, 0.4) is 0 Å². The minimum atomic E-state index is -1.00. The molecule has 0 aliphatic carbocycles. The van der Waals surface area contributed by atoms with Crippen molar-refractivity contribution in [3.8, 4) is 0 Å². The van der Waals surface area contributed by atoms with Crippen LogP contribution in [-0.4, -0.2) is 12.0 Å². The van der Waals surface area contributed by atoms with E-state index in [1.807, 2.05) is 18.4 Å². The molecule has 0 radical (unpaired) electrons. The highest BCUT2D eigenvalue weighted by Gasteiger charge is 2.15. The topological polar surface area (TPSA) is 17.1 Å². The Kier molecular flexibility index (Phi) is 5.37. The molecule has 0 unspecified atom stereocenters. The van der Waals surface area contributed by atoms with Gasteiger partial charge in [0.25, 0.3) is 0 Å². The summed E-state index contributed by atoms with van der Waals surface area (Å²) in [5.74, 6) is -2.20. The van der Waals surface area contributed by atoms with Crippen molar-refractivity contribution in [1.82, 2.24) is 0 Å². The van der Waals surface area contributed by atoms with Gasteiger partial charge in [0.1, 0.15) is 0 Å². The summed E-state index contributed by atoms with van der Waals surface area (Å²) >= 11 is 7.84. The monoisotopic (exact) mass is 338 g/mol. The molecule has 0 aromatic heterocycles. The predicted molar refractivity (Wildman–Crippen MR) is 87.9 cm³/mol. The summed E-state index contributed by atoms with van der Waals surface area (Å²) < 4.78 is 26.4. The molecule has 5 heteroatoms. The van der Waals surface area contributed by atoms with E-state index in [2.05, 4.69) is 0 Å². The molecule has 114 valence electrons. The first-order valence-corrected chi connectivity index (χ1v) is 8.05. The third-order valence-electron chi connectivity index (χ3n) is 3.12. The van der Waals surface area contributed by atoms with E-state index >= 15 is 0 Å². The van der Waals surface area contributed by atoms with Crippen LogP contribution in [0.4, 0.5) is 8.78 Å². The highest BCUT2D eigenvalue weighted by Crippen LogP contribution is 2.32. The number of benzene rings is 2. The Bertz CT molecular complexity index is 739. The van der Waals surface area contributed by atoms with Gasteiger partial charge in [-0.1, -0.05) is 29.8 Å². The molecule has 22 heavy (non-hydrogen) atoms. The first-order chi connectivity index (χ1) is 10.4. The molecule has 0 bridgehead atoms. The zero-order valence-corrected chi connectivity index (χ0v) is 13.6. The van der Waals surface area contributed by atoms with E-state index < -0.39 is 11.6 Å². The maximum absolute atomic E-state index is 13.4. The average molecular weight is 339 g/mol. The molecule has 0 heterocycles. The second kappa shape index (κ2) is 7.07. The van der Waals surface area contributed by atoms with Gasteiger partial charge >= 0.3 is 0 Å². The molecular weight excluding hydrogens is 326 g/mol. The summed E-state index contributed by atoms with van der Waals surface area (Å²) in [7, 11) is 0. The number of hydrogen-bond donors (Lipinski definition) is 0. The van der Waals surface area contributed by atoms with Gasteiger partial charge in [-0.2, -0.15) is 0 Å². The summed E-state index contributed by atoms with van der Waals surface area (Å²) in [5.41, 5.74) is 1.18. The van der Waals surface area contributed by atoms with Crippen LogP contribution >= 0.6 is 23.4 Å². The highest BCUT2D eigenvalue weighted by atomic mass is 35.5. The number of allylic oxidation sites excluding steroid dienone is 1. The van der Waals surface area contributed by atoms with Crippen LogP contribution in [0, 0.1) is 11.6 Å². The molecule has 1 nitrogen and oxygen atoms in total. The zero-order valence-electron chi connectivity index (χ0n) is 12.0. The van der Waals surface area contributed by atoms with E-state index in [-0.39, 0.29) is 22.0 Å². The van der Waals surface area contributed by atoms with Crippen LogP contribution in [0.1, 0.15) is 18.1 Å². The summed E-state index contributed by atoms with van der Waals surface area (Å²) in [6, 6.07) is 10.6. The van der Waals surface area contributed by atoms with Gasteiger partial charge in [0.2, 0.25) is 0 Å². The molecular formula is C17H13ClF2OS. The Morgan fingerprint density at radius 3 is 2.09 bits per heavy atom. The number of rotatable bonds is 4. The van der Waals surface area contributed by atoms with Gasteiger partial charge in [-0.25, -0.2) is 8.78 Å². The standard InChI is InChI=1S/C17H13ClF2OS/c1-10(21)16(11-3-6-13(22-2)7-4-11)17(18)12-5-8-14(19)15(20)9-12/h3-9H,1-2H3. The zero-order chi connectivity index (χ0) is 16.3. The highest BCUT2D eigenvalue weighted by molar-refractivity contribution is 7.98. The second-order valence-electron chi connectivity index (χ2n) is 4.60. The number of hydrogen-bond acceptors (Lipinski definition) is 2. The SMILES string of the molecule is CSc1ccc(C(C(C)=O)=C(Cl)c2ccc(F)c(F)c2)cc1. The summed E-state index contributed by atoms with van der Waals surface area (Å²) in [4.78, 5) is 13.0. The van der Waals surface area contributed by atoms with Gasteiger partial charge < -0.3 is 0 Å². The van der Waals surface area contributed by atoms with Gasteiger partial charge in [0, 0.05) is 10.5 Å². The van der Waals surface area contributed by atoms with Crippen molar-refractivity contribution in [2.45, 2.75) is 11.8 Å². The van der Waals surface area contributed by atoms with Gasteiger partial charge in [0.15, 0.2) is 17.4 Å². The Morgan fingerprint density at radius 1 is 1.00 bits per heavy atom. The molecule has 0 aliphatic rings. The van der Waals surface area contributed by atoms with E-state index in [0.717, 1.165) is 17.0 Å². The van der Waals surface area contributed by atoms with Crippen LogP contribution in [0.25, 0.3) is 10.6 Å². The molecule has 0 fully saturated rings. The minimum Gasteiger partial charge on any atom is -0.294 e. The van der Waals surface area contributed by atoms with Crippen molar-refractivity contribution in [3.63, 3.8) is 0 Å². The fraction of sp³-hybridized carbons (Fsp3) is 0.118. The molecule has 0 spiro atoms. The fourth-order valence-corrected chi connectivity index (χ4v) is 2.79. The molecule has 0 aliphatic heterocycles. The van der Waals surface area contributed by atoms with E-state index in [4.69, 9.17) is 11.6 Å². The van der Waals surface area contributed by atoms with Crippen molar-refractivity contribution in [2.24, 2.45) is 0 Å². The minimum absolute atomic E-state index is 0.100. The largest absolute Gasteiger partial charge is 0.294 e. The quantitative estimate of drug-likeness (QED) is 0.423. The van der Waals surface area contributed by atoms with Crippen LogP contribution < -0.4 is 0 Å². The predicted octanol–water partition coefficient (Wildman–Crippen LogP) is 5.38. The second-order valence-corrected chi connectivity index (χ2v) is 5.86. The van der Waals surface area contributed by atoms with Gasteiger partial charge in [-0.05, 0) is 48.6 Å². The lowest BCUT2D eigenvalue weighted by atomic mass is 9.99. The fourth-order valence-electron chi connectivity index (χ4n) is 2.02. The van der Waals surface area contributed by atoms with E-state index in [1.165, 1.54) is 13.0 Å². The van der Waals surface area contributed by atoms with Crippen LogP contribution in [0.2, 0.25) is 0 Å². The summed E-state index contributed by atoms with van der Waals surface area (Å²) in [6.45, 7) is 1.39. The van der Waals surface area contributed by atoms with Crippen molar-refractivity contribution < 1.29 is 13.6 Å². The Morgan fingerprint density at radius 2 is 1.59 bits per heavy atom. The van der Waals surface area contributed by atoms with Crippen LogP contribution in [0.15, 0.2) is 47.4 Å².